The van der Waals surface area contributed by atoms with Crippen molar-refractivity contribution in [2.24, 2.45) is 5.41 Å². The zero-order valence-corrected chi connectivity index (χ0v) is 9.41. The summed E-state index contributed by atoms with van der Waals surface area (Å²) in [5.74, 6) is 0. The fourth-order valence-electron chi connectivity index (χ4n) is 3.71. The molecule has 3 heterocycles. The van der Waals surface area contributed by atoms with Crippen molar-refractivity contribution in [3.8, 4) is 6.07 Å². The number of nitriles is 1. The topological polar surface area (TPSA) is 65.3 Å². The van der Waals surface area contributed by atoms with Gasteiger partial charge in [-0.25, -0.2) is 0 Å². The van der Waals surface area contributed by atoms with Crippen LogP contribution < -0.4 is 5.32 Å². The van der Waals surface area contributed by atoms with Crippen LogP contribution in [0.15, 0.2) is 0 Å². The van der Waals surface area contributed by atoms with Gasteiger partial charge in [-0.2, -0.15) is 5.26 Å². The van der Waals surface area contributed by atoms with Gasteiger partial charge in [0.25, 0.3) is 0 Å². The largest absolute Gasteiger partial charge is 0.388 e. The van der Waals surface area contributed by atoms with E-state index in [9.17, 15) is 10.4 Å². The van der Waals surface area contributed by atoms with Gasteiger partial charge in [-0.3, -0.25) is 0 Å². The summed E-state index contributed by atoms with van der Waals surface area (Å²) >= 11 is 0. The maximum atomic E-state index is 10.8. The molecule has 88 valence electrons. The fourth-order valence-corrected chi connectivity index (χ4v) is 3.71. The smallest absolute Gasteiger partial charge is 0.115 e. The molecule has 4 nitrogen and oxygen atoms in total. The van der Waals surface area contributed by atoms with Crippen LogP contribution in [-0.2, 0) is 4.74 Å². The van der Waals surface area contributed by atoms with Crippen LogP contribution in [0.5, 0.6) is 0 Å². The molecule has 2 bridgehead atoms. The summed E-state index contributed by atoms with van der Waals surface area (Å²) in [5.41, 5.74) is -1.48. The van der Waals surface area contributed by atoms with Gasteiger partial charge in [-0.05, 0) is 45.2 Å². The summed E-state index contributed by atoms with van der Waals surface area (Å²) in [6.07, 6.45) is 4.25. The Balaban J connectivity index is 1.93. The Bertz CT molecular complexity index is 332. The highest BCUT2D eigenvalue weighted by atomic mass is 16.5. The highest BCUT2D eigenvalue weighted by Gasteiger charge is 2.63. The number of fused-ring (bicyclic) bond motifs is 2. The molecule has 0 saturated carbocycles. The zero-order chi connectivity index (χ0) is 11.2. The molecule has 4 heteroatoms. The van der Waals surface area contributed by atoms with E-state index in [0.717, 1.165) is 32.4 Å². The number of ether oxygens (including phenoxy) is 1. The summed E-state index contributed by atoms with van der Waals surface area (Å²) in [5, 5.41) is 23.6. The van der Waals surface area contributed by atoms with Gasteiger partial charge in [0.1, 0.15) is 5.41 Å². The van der Waals surface area contributed by atoms with E-state index in [0.29, 0.717) is 12.8 Å². The molecule has 0 amide bonds. The van der Waals surface area contributed by atoms with Gasteiger partial charge in [0.2, 0.25) is 0 Å². The van der Waals surface area contributed by atoms with Crippen LogP contribution in [0.3, 0.4) is 0 Å². The average Bonchev–Trinajstić information content (AvgIpc) is 2.90. The Morgan fingerprint density at radius 3 is 2.56 bits per heavy atom. The van der Waals surface area contributed by atoms with Crippen molar-refractivity contribution in [2.75, 3.05) is 13.1 Å². The lowest BCUT2D eigenvalue weighted by Crippen LogP contribution is -2.57. The van der Waals surface area contributed by atoms with E-state index in [-0.39, 0.29) is 12.2 Å². The van der Waals surface area contributed by atoms with Crippen molar-refractivity contribution in [3.63, 3.8) is 0 Å². The highest BCUT2D eigenvalue weighted by Crippen LogP contribution is 2.55. The molecular formula is C12H18N2O2. The molecule has 0 aromatic rings. The van der Waals surface area contributed by atoms with Gasteiger partial charge in [0.05, 0.1) is 23.9 Å². The SMILES string of the molecule is N#CC1(C2(O)CCNCC2)CC2CCC1O2. The van der Waals surface area contributed by atoms with Crippen molar-refractivity contribution in [2.45, 2.75) is 49.9 Å². The Kier molecular flexibility index (Phi) is 2.25. The number of nitrogens with zero attached hydrogens (tertiary/aromatic N) is 1. The lowest BCUT2D eigenvalue weighted by Gasteiger charge is -2.46. The molecule has 3 aliphatic heterocycles. The van der Waals surface area contributed by atoms with Crippen LogP contribution in [0, 0.1) is 16.7 Å². The van der Waals surface area contributed by atoms with Gasteiger partial charge in [0, 0.05) is 0 Å². The number of rotatable bonds is 1. The molecule has 3 saturated heterocycles. The summed E-state index contributed by atoms with van der Waals surface area (Å²) < 4.78 is 5.79. The first-order valence-corrected chi connectivity index (χ1v) is 6.20. The molecule has 3 fully saturated rings. The molecule has 3 aliphatic rings. The van der Waals surface area contributed by atoms with Crippen LogP contribution in [0.1, 0.15) is 32.1 Å². The Hall–Kier alpha value is -0.630. The predicted molar refractivity (Wildman–Crippen MR) is 57.6 cm³/mol. The van der Waals surface area contributed by atoms with Gasteiger partial charge in [-0.1, -0.05) is 0 Å². The van der Waals surface area contributed by atoms with Crippen molar-refractivity contribution in [1.82, 2.24) is 5.32 Å². The van der Waals surface area contributed by atoms with Crippen LogP contribution in [-0.4, -0.2) is 36.0 Å². The predicted octanol–water partition coefficient (Wildman–Crippen LogP) is 0.562. The Labute approximate surface area is 95.6 Å². The van der Waals surface area contributed by atoms with Crippen molar-refractivity contribution in [1.29, 1.82) is 5.26 Å². The van der Waals surface area contributed by atoms with E-state index in [1.165, 1.54) is 0 Å². The fraction of sp³-hybridized carbons (Fsp3) is 0.917. The van der Waals surface area contributed by atoms with E-state index < -0.39 is 11.0 Å². The quantitative estimate of drug-likeness (QED) is 0.680. The minimum atomic E-state index is -0.840. The molecule has 0 radical (unpaired) electrons. The molecule has 3 atom stereocenters. The number of hydrogen-bond acceptors (Lipinski definition) is 4. The van der Waals surface area contributed by atoms with E-state index in [2.05, 4.69) is 11.4 Å². The van der Waals surface area contributed by atoms with Gasteiger partial charge in [-0.15, -0.1) is 0 Å². The third-order valence-electron chi connectivity index (χ3n) is 4.67. The first-order valence-electron chi connectivity index (χ1n) is 6.20. The van der Waals surface area contributed by atoms with Gasteiger partial charge >= 0.3 is 0 Å². The second-order valence-electron chi connectivity index (χ2n) is 5.39. The highest BCUT2D eigenvalue weighted by molar-refractivity contribution is 5.21. The molecule has 0 aromatic carbocycles. The van der Waals surface area contributed by atoms with Gasteiger partial charge in [0.15, 0.2) is 0 Å². The number of aliphatic hydroxyl groups is 1. The number of hydrogen-bond donors (Lipinski definition) is 2. The first kappa shape index (κ1) is 10.5. The van der Waals surface area contributed by atoms with E-state index in [1.54, 1.807) is 0 Å². The number of nitrogens with one attached hydrogen (secondary N) is 1. The standard InChI is InChI=1S/C12H18N2O2/c13-8-11(7-9-1-2-10(11)16-9)12(15)3-5-14-6-4-12/h9-10,14-15H,1-7H2. The zero-order valence-electron chi connectivity index (χ0n) is 9.41. The second kappa shape index (κ2) is 3.43. The summed E-state index contributed by atoms with van der Waals surface area (Å²) in [7, 11) is 0. The van der Waals surface area contributed by atoms with Crippen LogP contribution in [0.25, 0.3) is 0 Å². The van der Waals surface area contributed by atoms with Crippen LogP contribution in [0.4, 0.5) is 0 Å². The van der Waals surface area contributed by atoms with Gasteiger partial charge < -0.3 is 15.2 Å². The lowest BCUT2D eigenvalue weighted by molar-refractivity contribution is -0.103. The number of piperidine rings is 1. The Morgan fingerprint density at radius 2 is 2.06 bits per heavy atom. The molecule has 3 unspecified atom stereocenters. The lowest BCUT2D eigenvalue weighted by atomic mass is 9.61. The third-order valence-corrected chi connectivity index (χ3v) is 4.67. The normalized spacial score (nSPS) is 45.5. The van der Waals surface area contributed by atoms with E-state index in [4.69, 9.17) is 4.74 Å². The molecular weight excluding hydrogens is 204 g/mol. The average molecular weight is 222 g/mol. The van der Waals surface area contributed by atoms with Crippen LogP contribution >= 0.6 is 0 Å². The third kappa shape index (κ3) is 1.20. The molecule has 16 heavy (non-hydrogen) atoms. The minimum absolute atomic E-state index is 0.0365. The van der Waals surface area contributed by atoms with Crippen molar-refractivity contribution >= 4 is 0 Å². The summed E-state index contributed by atoms with van der Waals surface area (Å²) in [6, 6.07) is 2.42. The molecule has 0 aliphatic carbocycles. The van der Waals surface area contributed by atoms with E-state index >= 15 is 0 Å². The summed E-state index contributed by atoms with van der Waals surface area (Å²) in [4.78, 5) is 0. The maximum absolute atomic E-state index is 10.8. The second-order valence-corrected chi connectivity index (χ2v) is 5.39. The van der Waals surface area contributed by atoms with Crippen molar-refractivity contribution < 1.29 is 9.84 Å². The monoisotopic (exact) mass is 222 g/mol. The molecule has 0 aromatic heterocycles. The maximum Gasteiger partial charge on any atom is 0.115 e. The van der Waals surface area contributed by atoms with Crippen molar-refractivity contribution in [3.05, 3.63) is 0 Å². The molecule has 0 spiro atoms. The minimum Gasteiger partial charge on any atom is -0.388 e. The first-order chi connectivity index (χ1) is 7.70. The molecule has 2 N–H and O–H groups in total. The summed E-state index contributed by atoms with van der Waals surface area (Å²) in [6.45, 7) is 1.61. The Morgan fingerprint density at radius 1 is 1.31 bits per heavy atom. The molecule has 3 rings (SSSR count). The van der Waals surface area contributed by atoms with Crippen LogP contribution in [0.2, 0.25) is 0 Å². The van der Waals surface area contributed by atoms with E-state index in [1.807, 2.05) is 0 Å².